The van der Waals surface area contributed by atoms with E-state index in [0.717, 1.165) is 36.9 Å². The summed E-state index contributed by atoms with van der Waals surface area (Å²) < 4.78 is 54.8. The maximum Gasteiger partial charge on any atom is 0.416 e. The molecule has 0 fully saturated rings. The van der Waals surface area contributed by atoms with Gasteiger partial charge in [0, 0.05) is 0 Å². The van der Waals surface area contributed by atoms with Crippen molar-refractivity contribution in [2.45, 2.75) is 84.3 Å². The van der Waals surface area contributed by atoms with Crippen molar-refractivity contribution in [3.63, 3.8) is 0 Å². The molecule has 0 aliphatic carbocycles. The molecule has 0 N–H and O–H groups in total. The molecule has 0 saturated carbocycles. The van der Waals surface area contributed by atoms with E-state index < -0.39 is 18.2 Å². The lowest BCUT2D eigenvalue weighted by Crippen LogP contribution is -2.28. The molecule has 0 aliphatic heterocycles. The van der Waals surface area contributed by atoms with Gasteiger partial charge in [-0.2, -0.15) is 13.2 Å². The van der Waals surface area contributed by atoms with Gasteiger partial charge in [-0.3, -0.25) is 0 Å². The Morgan fingerprint density at radius 2 is 1.62 bits per heavy atom. The summed E-state index contributed by atoms with van der Waals surface area (Å²) in [5, 5.41) is 0. The second-order valence-electron chi connectivity index (χ2n) is 6.68. The number of hydrogen-bond acceptors (Lipinski definition) is 3. The van der Waals surface area contributed by atoms with Gasteiger partial charge in [0.05, 0.1) is 17.8 Å². The molecule has 0 heterocycles. The summed E-state index contributed by atoms with van der Waals surface area (Å²) in [6.07, 6.45) is -0.794. The number of hydrogen-bond donors (Lipinski definition) is 0. The monoisotopic (exact) mass is 390 g/mol. The fraction of sp³-hybridized carbons (Fsp3) is 0.684. The van der Waals surface area contributed by atoms with E-state index in [-0.39, 0.29) is 22.0 Å². The van der Waals surface area contributed by atoms with Gasteiger partial charge < -0.3 is 13.9 Å². The van der Waals surface area contributed by atoms with Crippen LogP contribution in [0.1, 0.15) is 58.1 Å². The maximum atomic E-state index is 12.7. The molecule has 1 rings (SSSR count). The molecule has 0 saturated heterocycles. The molecular formula is C19H29F3O3Si. The molecule has 0 spiro atoms. The van der Waals surface area contributed by atoms with Gasteiger partial charge in [-0.15, -0.1) is 0 Å². The van der Waals surface area contributed by atoms with E-state index >= 15 is 0 Å². The molecular weight excluding hydrogens is 361 g/mol. The van der Waals surface area contributed by atoms with Crippen LogP contribution in [0.5, 0.6) is 0 Å². The number of ether oxygens (including phenoxy) is 2. The van der Waals surface area contributed by atoms with Crippen molar-refractivity contribution >= 4 is 9.76 Å². The molecule has 2 radical (unpaired) electrons. The van der Waals surface area contributed by atoms with Crippen molar-refractivity contribution in [3.8, 4) is 0 Å². The number of unbranched alkanes of at least 4 members (excludes halogenated alkanes) is 2. The highest BCUT2D eigenvalue weighted by molar-refractivity contribution is 6.27. The van der Waals surface area contributed by atoms with E-state index in [0.29, 0.717) is 6.42 Å². The van der Waals surface area contributed by atoms with Crippen LogP contribution in [-0.2, 0) is 26.5 Å². The lowest BCUT2D eigenvalue weighted by molar-refractivity contribution is -0.275. The zero-order valence-corrected chi connectivity index (χ0v) is 16.9. The van der Waals surface area contributed by atoms with Gasteiger partial charge in [-0.05, 0) is 58.2 Å². The Kier molecular flexibility index (Phi) is 10.5. The van der Waals surface area contributed by atoms with Crippen molar-refractivity contribution in [3.05, 3.63) is 35.4 Å². The van der Waals surface area contributed by atoms with Crippen molar-refractivity contribution in [1.29, 1.82) is 0 Å². The van der Waals surface area contributed by atoms with Gasteiger partial charge in [-0.1, -0.05) is 31.0 Å². The average Bonchev–Trinajstić information content (AvgIpc) is 2.52. The molecule has 0 unspecified atom stereocenters. The zero-order chi connectivity index (χ0) is 19.6. The van der Waals surface area contributed by atoms with Crippen LogP contribution >= 0.6 is 0 Å². The highest BCUT2D eigenvalue weighted by Gasteiger charge is 2.30. The highest BCUT2D eigenvalue weighted by Crippen LogP contribution is 2.29. The van der Waals surface area contributed by atoms with Gasteiger partial charge in [-0.25, -0.2) is 0 Å². The van der Waals surface area contributed by atoms with Crippen molar-refractivity contribution in [2.75, 3.05) is 0 Å². The second kappa shape index (κ2) is 11.7. The molecule has 1 aromatic rings. The summed E-state index contributed by atoms with van der Waals surface area (Å²) in [5.74, 6) is 0. The molecule has 0 amide bonds. The zero-order valence-electron chi connectivity index (χ0n) is 15.9. The first kappa shape index (κ1) is 23.1. The van der Waals surface area contributed by atoms with Gasteiger partial charge in [0.25, 0.3) is 6.48 Å². The molecule has 0 atom stereocenters. The standard InChI is InChI=1S/C19H29F3O3Si/c1-14(2)23-18(24-15(3)4)25-26-12-7-5-6-9-16-10-8-11-17(13-16)19(20,21)22/h8,10-11,13-15,18H,5-7,9,12H2,1-4H3. The largest absolute Gasteiger partial charge is 0.416 e. The Labute approximate surface area is 157 Å². The van der Waals surface area contributed by atoms with Gasteiger partial charge >= 0.3 is 6.18 Å². The number of benzene rings is 1. The number of aryl methyl sites for hydroxylation is 1. The number of rotatable bonds is 12. The van der Waals surface area contributed by atoms with E-state index in [1.807, 2.05) is 27.7 Å². The number of halogens is 3. The Morgan fingerprint density at radius 1 is 0.962 bits per heavy atom. The fourth-order valence-corrected chi connectivity index (χ4v) is 3.02. The predicted molar refractivity (Wildman–Crippen MR) is 96.9 cm³/mol. The highest BCUT2D eigenvalue weighted by atomic mass is 28.2. The van der Waals surface area contributed by atoms with E-state index in [9.17, 15) is 13.2 Å². The minimum absolute atomic E-state index is 0.0241. The van der Waals surface area contributed by atoms with Crippen LogP contribution in [0, 0.1) is 0 Å². The van der Waals surface area contributed by atoms with Crippen LogP contribution in [0.2, 0.25) is 6.04 Å². The third-order valence-electron chi connectivity index (χ3n) is 3.44. The lowest BCUT2D eigenvalue weighted by atomic mass is 10.0. The van der Waals surface area contributed by atoms with Crippen molar-refractivity contribution < 1.29 is 27.1 Å². The molecule has 26 heavy (non-hydrogen) atoms. The van der Waals surface area contributed by atoms with Crippen LogP contribution in [0.15, 0.2) is 24.3 Å². The van der Waals surface area contributed by atoms with E-state index in [1.165, 1.54) is 12.1 Å². The SMILES string of the molecule is CC(C)OC(O[Si]CCCCCc1cccc(C(F)(F)F)c1)OC(C)C. The quantitative estimate of drug-likeness (QED) is 0.264. The second-order valence-corrected chi connectivity index (χ2v) is 7.70. The Bertz CT molecular complexity index is 497. The third kappa shape index (κ3) is 10.3. The molecule has 0 bridgehead atoms. The summed E-state index contributed by atoms with van der Waals surface area (Å²) in [6, 6.07) is 6.45. The summed E-state index contributed by atoms with van der Waals surface area (Å²) in [6.45, 7) is 7.07. The topological polar surface area (TPSA) is 27.7 Å². The minimum atomic E-state index is -4.28. The van der Waals surface area contributed by atoms with Gasteiger partial charge in [0.1, 0.15) is 0 Å². The van der Waals surface area contributed by atoms with Crippen LogP contribution < -0.4 is 0 Å². The number of alkyl halides is 3. The average molecular weight is 391 g/mol. The molecule has 7 heteroatoms. The van der Waals surface area contributed by atoms with Crippen LogP contribution in [0.25, 0.3) is 0 Å². The predicted octanol–water partition coefficient (Wildman–Crippen LogP) is 5.61. The summed E-state index contributed by atoms with van der Waals surface area (Å²) in [4.78, 5) is 0. The Morgan fingerprint density at radius 3 is 2.19 bits per heavy atom. The fourth-order valence-electron chi connectivity index (χ4n) is 2.27. The lowest BCUT2D eigenvalue weighted by Gasteiger charge is -2.22. The van der Waals surface area contributed by atoms with Crippen molar-refractivity contribution in [2.24, 2.45) is 0 Å². The molecule has 3 nitrogen and oxygen atoms in total. The smallest absolute Gasteiger partial charge is 0.372 e. The minimum Gasteiger partial charge on any atom is -0.372 e. The first-order valence-electron chi connectivity index (χ1n) is 9.04. The molecule has 0 aliphatic rings. The molecule has 1 aromatic carbocycles. The maximum absolute atomic E-state index is 12.7. The molecule has 0 aromatic heterocycles. The van der Waals surface area contributed by atoms with Crippen LogP contribution in [0.4, 0.5) is 13.2 Å². The summed E-state index contributed by atoms with van der Waals surface area (Å²) in [7, 11) is 0.281. The van der Waals surface area contributed by atoms with Crippen LogP contribution in [0.3, 0.4) is 0 Å². The van der Waals surface area contributed by atoms with E-state index in [1.54, 1.807) is 6.07 Å². The Balaban J connectivity index is 2.20. The van der Waals surface area contributed by atoms with Crippen molar-refractivity contribution in [1.82, 2.24) is 0 Å². The van der Waals surface area contributed by atoms with E-state index in [2.05, 4.69) is 0 Å². The summed E-state index contributed by atoms with van der Waals surface area (Å²) in [5.41, 5.74) is 0.153. The molecule has 148 valence electrons. The van der Waals surface area contributed by atoms with Gasteiger partial charge in [0.15, 0.2) is 0 Å². The normalized spacial score (nSPS) is 12.5. The first-order chi connectivity index (χ1) is 12.2. The van der Waals surface area contributed by atoms with E-state index in [4.69, 9.17) is 13.9 Å². The summed E-state index contributed by atoms with van der Waals surface area (Å²) >= 11 is 0. The van der Waals surface area contributed by atoms with Gasteiger partial charge in [0.2, 0.25) is 9.76 Å². The first-order valence-corrected chi connectivity index (χ1v) is 10.2. The van der Waals surface area contributed by atoms with Crippen LogP contribution in [-0.4, -0.2) is 28.4 Å². The Hall–Kier alpha value is -0.893. The third-order valence-corrected chi connectivity index (χ3v) is 4.36.